The minimum atomic E-state index is -0.967. The van der Waals surface area contributed by atoms with Crippen LogP contribution in [0.15, 0.2) is 47.3 Å². The van der Waals surface area contributed by atoms with Gasteiger partial charge in [-0.2, -0.15) is 0 Å². The molecule has 3 amide bonds. The van der Waals surface area contributed by atoms with Crippen molar-refractivity contribution in [1.82, 2.24) is 14.4 Å². The van der Waals surface area contributed by atoms with E-state index >= 15 is 0 Å². The average molecular weight is 513 g/mol. The van der Waals surface area contributed by atoms with Gasteiger partial charge in [0.05, 0.1) is 10.6 Å². The lowest BCUT2D eigenvalue weighted by Gasteiger charge is -2.31. The van der Waals surface area contributed by atoms with E-state index in [1.54, 1.807) is 0 Å². The number of carbonyl (C=O) groups excluding carboxylic acids is 3. The number of fused-ring (bicyclic) bond motifs is 1. The number of halogens is 2. The lowest BCUT2D eigenvalue weighted by molar-refractivity contribution is 0.0720. The van der Waals surface area contributed by atoms with Crippen LogP contribution in [0.1, 0.15) is 42.3 Å². The molecular weight excluding hydrogens is 491 g/mol. The van der Waals surface area contributed by atoms with Gasteiger partial charge in [0, 0.05) is 44.0 Å². The van der Waals surface area contributed by atoms with Crippen molar-refractivity contribution in [1.29, 1.82) is 0 Å². The molecule has 0 saturated carbocycles. The van der Waals surface area contributed by atoms with Crippen molar-refractivity contribution >= 4 is 29.3 Å². The third kappa shape index (κ3) is 4.31. The highest BCUT2D eigenvalue weighted by atomic mass is 35.5. The van der Waals surface area contributed by atoms with Crippen molar-refractivity contribution in [3.05, 3.63) is 91.6 Å². The highest BCUT2D eigenvalue weighted by molar-refractivity contribution is 6.30. The summed E-state index contributed by atoms with van der Waals surface area (Å²) in [6, 6.07) is 9.71. The first-order valence-electron chi connectivity index (χ1n) is 10.9. The van der Waals surface area contributed by atoms with Crippen LogP contribution in [-0.4, -0.2) is 57.8 Å². The van der Waals surface area contributed by atoms with Crippen molar-refractivity contribution in [2.75, 3.05) is 20.6 Å². The molecule has 186 valence electrons. The number of pyridine rings is 1. The minimum Gasteiger partial charge on any atom is -0.502 e. The van der Waals surface area contributed by atoms with Gasteiger partial charge in [-0.05, 0) is 48.4 Å². The highest BCUT2D eigenvalue weighted by Gasteiger charge is 2.35. The van der Waals surface area contributed by atoms with Crippen LogP contribution in [0.2, 0.25) is 5.02 Å². The van der Waals surface area contributed by atoms with Gasteiger partial charge in [-0.3, -0.25) is 23.7 Å². The van der Waals surface area contributed by atoms with Gasteiger partial charge in [-0.25, -0.2) is 4.39 Å². The van der Waals surface area contributed by atoms with Crippen LogP contribution >= 0.6 is 11.6 Å². The summed E-state index contributed by atoms with van der Waals surface area (Å²) in [4.78, 5) is 54.0. The number of nitrogens with zero attached hydrogens (tertiary/aromatic N) is 3. The van der Waals surface area contributed by atoms with Crippen molar-refractivity contribution in [2.45, 2.75) is 13.0 Å². The van der Waals surface area contributed by atoms with Crippen LogP contribution in [0.4, 0.5) is 4.39 Å². The summed E-state index contributed by atoms with van der Waals surface area (Å²) in [7, 11) is 3.00. The third-order valence-corrected chi connectivity index (χ3v) is 6.25. The lowest BCUT2D eigenvalue weighted by atomic mass is 9.95. The zero-order chi connectivity index (χ0) is 26.3. The number of carbonyl (C=O) groups is 3. The number of hydrogen-bond donors (Lipinski definition) is 2. The predicted molar refractivity (Wildman–Crippen MR) is 130 cm³/mol. The molecule has 36 heavy (non-hydrogen) atoms. The van der Waals surface area contributed by atoms with E-state index in [1.165, 1.54) is 66.4 Å². The zero-order valence-electron chi connectivity index (χ0n) is 19.4. The summed E-state index contributed by atoms with van der Waals surface area (Å²) in [5, 5.41) is 10.8. The first-order valence-corrected chi connectivity index (χ1v) is 11.2. The van der Waals surface area contributed by atoms with Crippen LogP contribution in [0.5, 0.6) is 5.75 Å². The second-order valence-electron chi connectivity index (χ2n) is 8.53. The summed E-state index contributed by atoms with van der Waals surface area (Å²) >= 11 is 5.85. The standard InChI is InChI=1S/C25H22ClFN4O5/c1-29(2)24(35)20-16-9-10-30(12-13-3-8-18(27)17(26)11-13)23(34)19(16)21(32)25(36)31(20)15-6-4-14(5-7-15)22(28)33/h3-8,11,32H,9-10,12H2,1-2H3,(H2,28,33). The fourth-order valence-electron chi connectivity index (χ4n) is 4.16. The Kier molecular flexibility index (Phi) is 6.55. The number of nitrogens with two attached hydrogens (primary N) is 1. The molecule has 0 spiro atoms. The molecule has 0 bridgehead atoms. The van der Waals surface area contributed by atoms with Gasteiger partial charge in [0.15, 0.2) is 5.75 Å². The van der Waals surface area contributed by atoms with E-state index in [0.717, 1.165) is 4.57 Å². The van der Waals surface area contributed by atoms with E-state index in [9.17, 15) is 28.7 Å². The molecule has 0 unspecified atom stereocenters. The SMILES string of the molecule is CN(C)C(=O)c1c2c(c(O)c(=O)n1-c1ccc(C(N)=O)cc1)C(=O)N(Cc1ccc(F)c(Cl)c1)CC2. The fraction of sp³-hybridized carbons (Fsp3) is 0.200. The van der Waals surface area contributed by atoms with E-state index in [-0.39, 0.29) is 52.6 Å². The number of benzene rings is 2. The van der Waals surface area contributed by atoms with E-state index in [1.807, 2.05) is 0 Å². The smallest absolute Gasteiger partial charge is 0.298 e. The van der Waals surface area contributed by atoms with Crippen molar-refractivity contribution in [3.8, 4) is 11.4 Å². The Bertz CT molecular complexity index is 1470. The maximum absolute atomic E-state index is 13.5. The quantitative estimate of drug-likeness (QED) is 0.542. The van der Waals surface area contributed by atoms with Crippen LogP contribution < -0.4 is 11.3 Å². The number of rotatable bonds is 5. The van der Waals surface area contributed by atoms with E-state index < -0.39 is 34.8 Å². The molecule has 0 fully saturated rings. The van der Waals surface area contributed by atoms with Crippen molar-refractivity contribution < 1.29 is 23.9 Å². The van der Waals surface area contributed by atoms with Gasteiger partial charge >= 0.3 is 0 Å². The highest BCUT2D eigenvalue weighted by Crippen LogP contribution is 2.31. The number of hydrogen-bond acceptors (Lipinski definition) is 5. The summed E-state index contributed by atoms with van der Waals surface area (Å²) in [5.41, 5.74) is 5.19. The molecular formula is C25H22ClFN4O5. The Morgan fingerprint density at radius 1 is 1.14 bits per heavy atom. The fourth-order valence-corrected chi connectivity index (χ4v) is 4.36. The zero-order valence-corrected chi connectivity index (χ0v) is 20.2. The Morgan fingerprint density at radius 3 is 2.39 bits per heavy atom. The Hall–Kier alpha value is -4.18. The molecule has 0 atom stereocenters. The molecule has 3 N–H and O–H groups in total. The lowest BCUT2D eigenvalue weighted by Crippen LogP contribution is -2.42. The van der Waals surface area contributed by atoms with Crippen molar-refractivity contribution in [3.63, 3.8) is 0 Å². The molecule has 0 saturated heterocycles. The maximum atomic E-state index is 13.5. The number of amides is 3. The summed E-state index contributed by atoms with van der Waals surface area (Å²) in [6.45, 7) is 0.235. The second-order valence-corrected chi connectivity index (χ2v) is 8.93. The number of aromatic nitrogens is 1. The molecule has 1 aromatic heterocycles. The van der Waals surface area contributed by atoms with Crippen LogP contribution in [0.25, 0.3) is 5.69 Å². The summed E-state index contributed by atoms with van der Waals surface area (Å²) in [5.74, 6) is -3.25. The van der Waals surface area contributed by atoms with Crippen LogP contribution in [0.3, 0.4) is 0 Å². The van der Waals surface area contributed by atoms with Gasteiger partial charge in [0.2, 0.25) is 5.91 Å². The van der Waals surface area contributed by atoms with Gasteiger partial charge in [-0.15, -0.1) is 0 Å². The topological polar surface area (TPSA) is 126 Å². The summed E-state index contributed by atoms with van der Waals surface area (Å²) < 4.78 is 14.6. The van der Waals surface area contributed by atoms with Gasteiger partial charge in [0.1, 0.15) is 11.5 Å². The molecule has 0 aliphatic carbocycles. The Morgan fingerprint density at radius 2 is 1.81 bits per heavy atom. The molecule has 11 heteroatoms. The number of aromatic hydroxyl groups is 1. The van der Waals surface area contributed by atoms with Crippen LogP contribution in [0, 0.1) is 5.82 Å². The minimum absolute atomic E-state index is 0.0618. The predicted octanol–water partition coefficient (Wildman–Crippen LogP) is 2.33. The first kappa shape index (κ1) is 24.9. The molecule has 3 aromatic rings. The summed E-state index contributed by atoms with van der Waals surface area (Å²) in [6.07, 6.45) is 0.165. The van der Waals surface area contributed by atoms with E-state index in [4.69, 9.17) is 17.3 Å². The normalized spacial score (nSPS) is 12.9. The number of primary amides is 1. The average Bonchev–Trinajstić information content (AvgIpc) is 2.84. The molecule has 1 aliphatic rings. The molecule has 2 heterocycles. The molecule has 2 aromatic carbocycles. The molecule has 9 nitrogen and oxygen atoms in total. The Balaban J connectivity index is 1.86. The van der Waals surface area contributed by atoms with Gasteiger partial charge in [-0.1, -0.05) is 17.7 Å². The van der Waals surface area contributed by atoms with E-state index in [0.29, 0.717) is 5.56 Å². The van der Waals surface area contributed by atoms with E-state index in [2.05, 4.69) is 0 Å². The maximum Gasteiger partial charge on any atom is 0.298 e. The Labute approximate surface area is 210 Å². The molecule has 0 radical (unpaired) electrons. The van der Waals surface area contributed by atoms with Gasteiger partial charge in [0.25, 0.3) is 17.4 Å². The molecule has 4 rings (SSSR count). The van der Waals surface area contributed by atoms with Crippen LogP contribution in [-0.2, 0) is 13.0 Å². The largest absolute Gasteiger partial charge is 0.502 e. The third-order valence-electron chi connectivity index (χ3n) is 5.96. The first-order chi connectivity index (χ1) is 17.0. The molecule has 1 aliphatic heterocycles. The van der Waals surface area contributed by atoms with Crippen molar-refractivity contribution in [2.24, 2.45) is 5.73 Å². The monoisotopic (exact) mass is 512 g/mol. The van der Waals surface area contributed by atoms with Gasteiger partial charge < -0.3 is 20.6 Å². The second kappa shape index (κ2) is 9.46.